The number of rotatable bonds is 5. The smallest absolute Gasteiger partial charge is 0.137 e. The number of aromatic nitrogens is 2. The number of benzene rings is 1. The summed E-state index contributed by atoms with van der Waals surface area (Å²) in [7, 11) is 1.84. The largest absolute Gasteiger partial charge is 0.338 e. The average Bonchev–Trinajstić information content (AvgIpc) is 2.77. The summed E-state index contributed by atoms with van der Waals surface area (Å²) in [5, 5.41) is 0. The highest BCUT2D eigenvalue weighted by Crippen LogP contribution is 2.14. The molecule has 2 aromatic rings. The maximum Gasteiger partial charge on any atom is 0.137 e. The Morgan fingerprint density at radius 2 is 2.00 bits per heavy atom. The molecule has 19 heavy (non-hydrogen) atoms. The molecule has 0 spiro atoms. The lowest BCUT2D eigenvalue weighted by Gasteiger charge is -2.04. The van der Waals surface area contributed by atoms with Crippen LogP contribution >= 0.6 is 0 Å². The van der Waals surface area contributed by atoms with Crippen molar-refractivity contribution in [2.24, 2.45) is 7.05 Å². The zero-order valence-electron chi connectivity index (χ0n) is 10.6. The first-order valence-corrected chi connectivity index (χ1v) is 5.98. The molecule has 0 saturated heterocycles. The van der Waals surface area contributed by atoms with E-state index in [0.29, 0.717) is 6.42 Å². The summed E-state index contributed by atoms with van der Waals surface area (Å²) in [5.41, 5.74) is -0.160. The van der Waals surface area contributed by atoms with Gasteiger partial charge in [0.25, 0.3) is 0 Å². The zero-order valence-corrected chi connectivity index (χ0v) is 10.6. The third kappa shape index (κ3) is 3.24. The van der Waals surface area contributed by atoms with Crippen molar-refractivity contribution in [1.29, 1.82) is 0 Å². The first-order chi connectivity index (χ1) is 9.08. The van der Waals surface area contributed by atoms with Crippen LogP contribution in [0.4, 0.5) is 8.78 Å². The van der Waals surface area contributed by atoms with Gasteiger partial charge in [-0.3, -0.25) is 4.79 Å². The minimum Gasteiger partial charge on any atom is -0.338 e. The number of Topliss-reactive ketones (excluding diaryl/α,β-unsaturated/α-hetero) is 1. The second-order valence-electron chi connectivity index (χ2n) is 4.37. The van der Waals surface area contributed by atoms with E-state index in [-0.39, 0.29) is 24.2 Å². The maximum absolute atomic E-state index is 13.4. The molecular formula is C14H14F2N2O. The van der Waals surface area contributed by atoms with Gasteiger partial charge in [-0.25, -0.2) is 13.8 Å². The lowest BCUT2D eigenvalue weighted by molar-refractivity contribution is -0.118. The highest BCUT2D eigenvalue weighted by Gasteiger charge is 2.13. The minimum absolute atomic E-state index is 0.160. The van der Waals surface area contributed by atoms with Crippen molar-refractivity contribution >= 4 is 5.78 Å². The number of hydrogen-bond acceptors (Lipinski definition) is 2. The highest BCUT2D eigenvalue weighted by molar-refractivity contribution is 5.81. The normalized spacial score (nSPS) is 10.7. The van der Waals surface area contributed by atoms with Gasteiger partial charge in [-0.05, 0) is 12.1 Å². The van der Waals surface area contributed by atoms with Gasteiger partial charge in [0.1, 0.15) is 23.2 Å². The Bertz CT molecular complexity index is 573. The second-order valence-corrected chi connectivity index (χ2v) is 4.37. The second kappa shape index (κ2) is 5.73. The third-order valence-corrected chi connectivity index (χ3v) is 2.98. The van der Waals surface area contributed by atoms with E-state index in [1.807, 2.05) is 11.6 Å². The highest BCUT2D eigenvalue weighted by atomic mass is 19.1. The molecule has 1 aromatic carbocycles. The molecule has 3 nitrogen and oxygen atoms in total. The molecule has 1 heterocycles. The van der Waals surface area contributed by atoms with Gasteiger partial charge in [-0.2, -0.15) is 0 Å². The van der Waals surface area contributed by atoms with Crippen molar-refractivity contribution in [3.8, 4) is 0 Å². The molecule has 0 amide bonds. The van der Waals surface area contributed by atoms with E-state index in [9.17, 15) is 13.6 Å². The predicted molar refractivity (Wildman–Crippen MR) is 66.6 cm³/mol. The Kier molecular flexibility index (Phi) is 4.04. The summed E-state index contributed by atoms with van der Waals surface area (Å²) in [6.45, 7) is 0. The molecule has 0 fully saturated rings. The Morgan fingerprint density at radius 3 is 2.58 bits per heavy atom. The van der Waals surface area contributed by atoms with E-state index >= 15 is 0 Å². The predicted octanol–water partition coefficient (Wildman–Crippen LogP) is 2.44. The monoisotopic (exact) mass is 264 g/mol. The first-order valence-electron chi connectivity index (χ1n) is 5.98. The number of imidazole rings is 1. The maximum atomic E-state index is 13.4. The standard InChI is InChI=1S/C14H14F2N2O/c1-18-8-7-17-14(18)6-5-10(19)9-11-12(15)3-2-4-13(11)16/h2-4,7-8H,5-6,9H2,1H3. The quantitative estimate of drug-likeness (QED) is 0.831. The molecule has 0 aliphatic heterocycles. The Labute approximate surface area is 109 Å². The Hall–Kier alpha value is -2.04. The number of nitrogens with zero attached hydrogens (tertiary/aromatic N) is 2. The van der Waals surface area contributed by atoms with Gasteiger partial charge in [-0.1, -0.05) is 6.07 Å². The van der Waals surface area contributed by atoms with Crippen LogP contribution < -0.4 is 0 Å². The first kappa shape index (κ1) is 13.4. The molecule has 0 unspecified atom stereocenters. The van der Waals surface area contributed by atoms with Crippen LogP contribution in [0.2, 0.25) is 0 Å². The fraction of sp³-hybridized carbons (Fsp3) is 0.286. The van der Waals surface area contributed by atoms with E-state index in [2.05, 4.69) is 4.98 Å². The summed E-state index contributed by atoms with van der Waals surface area (Å²) in [6.07, 6.45) is 3.91. The Morgan fingerprint density at radius 1 is 1.32 bits per heavy atom. The summed E-state index contributed by atoms with van der Waals surface area (Å²) in [5.74, 6) is -0.773. The molecule has 0 bridgehead atoms. The fourth-order valence-electron chi connectivity index (χ4n) is 1.88. The summed E-state index contributed by atoms with van der Waals surface area (Å²) < 4.78 is 28.6. The summed E-state index contributed by atoms with van der Waals surface area (Å²) in [6, 6.07) is 3.60. The van der Waals surface area contributed by atoms with E-state index < -0.39 is 11.6 Å². The molecule has 0 aliphatic rings. The molecule has 0 atom stereocenters. The van der Waals surface area contributed by atoms with E-state index in [1.54, 1.807) is 12.4 Å². The number of ketones is 1. The van der Waals surface area contributed by atoms with Gasteiger partial charge in [0.05, 0.1) is 0 Å². The molecule has 1 aromatic heterocycles. The Balaban J connectivity index is 1.97. The topological polar surface area (TPSA) is 34.9 Å². The summed E-state index contributed by atoms with van der Waals surface area (Å²) >= 11 is 0. The van der Waals surface area contributed by atoms with Crippen LogP contribution in [0, 0.1) is 11.6 Å². The lowest BCUT2D eigenvalue weighted by atomic mass is 10.0. The van der Waals surface area contributed by atoms with Gasteiger partial charge in [0.2, 0.25) is 0 Å². The van der Waals surface area contributed by atoms with Crippen LogP contribution in [0.5, 0.6) is 0 Å². The van der Waals surface area contributed by atoms with Gasteiger partial charge in [-0.15, -0.1) is 0 Å². The lowest BCUT2D eigenvalue weighted by Crippen LogP contribution is -2.09. The number of halogens is 2. The molecule has 0 radical (unpaired) electrons. The van der Waals surface area contributed by atoms with Crippen molar-refractivity contribution in [3.63, 3.8) is 0 Å². The molecule has 100 valence electrons. The number of carbonyl (C=O) groups is 1. The minimum atomic E-state index is -0.676. The van der Waals surface area contributed by atoms with Crippen molar-refractivity contribution in [2.75, 3.05) is 0 Å². The van der Waals surface area contributed by atoms with Crippen LogP contribution in [-0.2, 0) is 24.7 Å². The van der Waals surface area contributed by atoms with Gasteiger partial charge < -0.3 is 4.57 Å². The average molecular weight is 264 g/mol. The van der Waals surface area contributed by atoms with Gasteiger partial charge >= 0.3 is 0 Å². The molecule has 2 rings (SSSR count). The van der Waals surface area contributed by atoms with E-state index in [4.69, 9.17) is 0 Å². The molecule has 5 heteroatoms. The molecular weight excluding hydrogens is 250 g/mol. The van der Waals surface area contributed by atoms with Crippen LogP contribution in [0.15, 0.2) is 30.6 Å². The number of aryl methyl sites for hydroxylation is 2. The van der Waals surface area contributed by atoms with Gasteiger partial charge in [0, 0.05) is 44.3 Å². The number of carbonyl (C=O) groups excluding carboxylic acids is 1. The van der Waals surface area contributed by atoms with Crippen LogP contribution in [0.25, 0.3) is 0 Å². The zero-order chi connectivity index (χ0) is 13.8. The van der Waals surface area contributed by atoms with Crippen LogP contribution in [-0.4, -0.2) is 15.3 Å². The van der Waals surface area contributed by atoms with E-state index in [1.165, 1.54) is 6.07 Å². The van der Waals surface area contributed by atoms with Crippen LogP contribution in [0.3, 0.4) is 0 Å². The summed E-state index contributed by atoms with van der Waals surface area (Å²) in [4.78, 5) is 15.8. The van der Waals surface area contributed by atoms with E-state index in [0.717, 1.165) is 18.0 Å². The SMILES string of the molecule is Cn1ccnc1CCC(=O)Cc1c(F)cccc1F. The number of hydrogen-bond donors (Lipinski definition) is 0. The molecule has 0 saturated carbocycles. The van der Waals surface area contributed by atoms with Crippen molar-refractivity contribution in [1.82, 2.24) is 9.55 Å². The fourth-order valence-corrected chi connectivity index (χ4v) is 1.88. The molecule has 0 aliphatic carbocycles. The van der Waals surface area contributed by atoms with Crippen LogP contribution in [0.1, 0.15) is 17.8 Å². The van der Waals surface area contributed by atoms with Crippen molar-refractivity contribution in [3.05, 3.63) is 53.6 Å². The third-order valence-electron chi connectivity index (χ3n) is 2.98. The van der Waals surface area contributed by atoms with Crippen molar-refractivity contribution < 1.29 is 13.6 Å². The molecule has 0 N–H and O–H groups in total. The van der Waals surface area contributed by atoms with Crippen molar-refractivity contribution in [2.45, 2.75) is 19.3 Å². The van der Waals surface area contributed by atoms with Gasteiger partial charge in [0.15, 0.2) is 0 Å².